The van der Waals surface area contributed by atoms with E-state index < -0.39 is 30.4 Å². The van der Waals surface area contributed by atoms with Crippen molar-refractivity contribution in [3.8, 4) is 0 Å². The SMILES string of the molecule is CC[C@H](C)[C@@H](C(=O)OCC(=O)NC(N)=O)c1ccccc1. The Morgan fingerprint density at radius 1 is 1.24 bits per heavy atom. The Labute approximate surface area is 123 Å². The molecule has 6 heteroatoms. The first-order valence-corrected chi connectivity index (χ1v) is 6.76. The van der Waals surface area contributed by atoms with Crippen LogP contribution in [0, 0.1) is 5.92 Å². The fourth-order valence-electron chi connectivity index (χ4n) is 1.99. The zero-order valence-corrected chi connectivity index (χ0v) is 12.2. The summed E-state index contributed by atoms with van der Waals surface area (Å²) in [4.78, 5) is 34.0. The van der Waals surface area contributed by atoms with Gasteiger partial charge in [-0.25, -0.2) is 4.79 Å². The molecule has 6 nitrogen and oxygen atoms in total. The summed E-state index contributed by atoms with van der Waals surface area (Å²) in [6.07, 6.45) is 0.794. The highest BCUT2D eigenvalue weighted by Gasteiger charge is 2.27. The Morgan fingerprint density at radius 3 is 2.38 bits per heavy atom. The summed E-state index contributed by atoms with van der Waals surface area (Å²) < 4.78 is 4.99. The van der Waals surface area contributed by atoms with Gasteiger partial charge in [0.15, 0.2) is 6.61 Å². The second-order valence-electron chi connectivity index (χ2n) is 4.79. The van der Waals surface area contributed by atoms with Crippen LogP contribution in [0.25, 0.3) is 0 Å². The van der Waals surface area contributed by atoms with Crippen LogP contribution in [0.4, 0.5) is 4.79 Å². The number of hydrogen-bond donors (Lipinski definition) is 2. The van der Waals surface area contributed by atoms with E-state index in [1.807, 2.05) is 49.5 Å². The van der Waals surface area contributed by atoms with Crippen molar-refractivity contribution in [3.63, 3.8) is 0 Å². The maximum absolute atomic E-state index is 12.2. The third kappa shape index (κ3) is 5.25. The number of ether oxygens (including phenoxy) is 1. The highest BCUT2D eigenvalue weighted by Crippen LogP contribution is 2.28. The van der Waals surface area contributed by atoms with Crippen LogP contribution < -0.4 is 11.1 Å². The van der Waals surface area contributed by atoms with E-state index in [-0.39, 0.29) is 5.92 Å². The molecule has 0 unspecified atom stereocenters. The van der Waals surface area contributed by atoms with Gasteiger partial charge in [-0.2, -0.15) is 0 Å². The molecule has 114 valence electrons. The summed E-state index contributed by atoms with van der Waals surface area (Å²) in [6, 6.07) is 8.28. The van der Waals surface area contributed by atoms with Gasteiger partial charge in [-0.15, -0.1) is 0 Å². The minimum atomic E-state index is -0.974. The predicted molar refractivity (Wildman–Crippen MR) is 77.3 cm³/mol. The van der Waals surface area contributed by atoms with Crippen molar-refractivity contribution in [2.24, 2.45) is 11.7 Å². The van der Waals surface area contributed by atoms with E-state index in [1.165, 1.54) is 0 Å². The molecule has 0 radical (unpaired) electrons. The Bertz CT molecular complexity index is 502. The Balaban J connectivity index is 2.74. The second-order valence-corrected chi connectivity index (χ2v) is 4.79. The molecule has 1 rings (SSSR count). The average Bonchev–Trinajstić information content (AvgIpc) is 2.45. The van der Waals surface area contributed by atoms with Crippen LogP contribution in [-0.4, -0.2) is 24.5 Å². The quantitative estimate of drug-likeness (QED) is 0.777. The molecule has 3 N–H and O–H groups in total. The van der Waals surface area contributed by atoms with Crippen LogP contribution >= 0.6 is 0 Å². The van der Waals surface area contributed by atoms with Gasteiger partial charge in [0.1, 0.15) is 0 Å². The standard InChI is InChI=1S/C15H20N2O4/c1-3-10(2)13(11-7-5-4-6-8-11)14(19)21-9-12(18)17-15(16)20/h4-8,10,13H,3,9H2,1-2H3,(H3,16,17,18,20)/t10-,13+/m0/s1. The Hall–Kier alpha value is -2.37. The number of primary amides is 1. The molecule has 0 heterocycles. The summed E-state index contributed by atoms with van der Waals surface area (Å²) in [5.41, 5.74) is 5.65. The average molecular weight is 292 g/mol. The van der Waals surface area contributed by atoms with E-state index in [2.05, 4.69) is 0 Å². The number of rotatable bonds is 6. The van der Waals surface area contributed by atoms with Crippen molar-refractivity contribution < 1.29 is 19.1 Å². The lowest BCUT2D eigenvalue weighted by Gasteiger charge is -2.21. The van der Waals surface area contributed by atoms with Crippen molar-refractivity contribution in [2.75, 3.05) is 6.61 Å². The zero-order chi connectivity index (χ0) is 15.8. The molecule has 0 spiro atoms. The van der Waals surface area contributed by atoms with Crippen LogP contribution in [-0.2, 0) is 14.3 Å². The lowest BCUT2D eigenvalue weighted by Crippen LogP contribution is -2.38. The van der Waals surface area contributed by atoms with E-state index in [0.29, 0.717) is 0 Å². The molecule has 0 aliphatic heterocycles. The van der Waals surface area contributed by atoms with Gasteiger partial charge in [0, 0.05) is 0 Å². The molecular weight excluding hydrogens is 272 g/mol. The molecule has 0 aliphatic carbocycles. The van der Waals surface area contributed by atoms with Crippen molar-refractivity contribution in [3.05, 3.63) is 35.9 Å². The minimum Gasteiger partial charge on any atom is -0.455 e. The van der Waals surface area contributed by atoms with Gasteiger partial charge in [-0.3, -0.25) is 14.9 Å². The number of hydrogen-bond acceptors (Lipinski definition) is 4. The van der Waals surface area contributed by atoms with Crippen LogP contribution in [0.1, 0.15) is 31.7 Å². The lowest BCUT2D eigenvalue weighted by atomic mass is 9.86. The Morgan fingerprint density at radius 2 is 1.86 bits per heavy atom. The van der Waals surface area contributed by atoms with E-state index in [4.69, 9.17) is 10.5 Å². The molecule has 21 heavy (non-hydrogen) atoms. The number of carbonyl (C=O) groups excluding carboxylic acids is 3. The molecule has 1 aromatic carbocycles. The van der Waals surface area contributed by atoms with Crippen LogP contribution in [0.5, 0.6) is 0 Å². The summed E-state index contributed by atoms with van der Waals surface area (Å²) in [6.45, 7) is 3.40. The predicted octanol–water partition coefficient (Wildman–Crippen LogP) is 1.55. The second kappa shape index (κ2) is 8.04. The maximum Gasteiger partial charge on any atom is 0.318 e. The summed E-state index contributed by atoms with van der Waals surface area (Å²) >= 11 is 0. The van der Waals surface area contributed by atoms with Gasteiger partial charge in [0.25, 0.3) is 5.91 Å². The molecule has 0 aromatic heterocycles. The number of carbonyl (C=O) groups is 3. The molecular formula is C15H20N2O4. The first-order chi connectivity index (χ1) is 9.95. The lowest BCUT2D eigenvalue weighted by molar-refractivity contribution is -0.151. The van der Waals surface area contributed by atoms with Crippen molar-refractivity contribution in [1.29, 1.82) is 0 Å². The van der Waals surface area contributed by atoms with Gasteiger partial charge >= 0.3 is 12.0 Å². The number of nitrogens with two attached hydrogens (primary N) is 1. The minimum absolute atomic E-state index is 0.0686. The van der Waals surface area contributed by atoms with Gasteiger partial charge in [0.2, 0.25) is 0 Å². The first-order valence-electron chi connectivity index (χ1n) is 6.76. The molecule has 0 bridgehead atoms. The van der Waals surface area contributed by atoms with Crippen LogP contribution in [0.3, 0.4) is 0 Å². The fourth-order valence-corrected chi connectivity index (χ4v) is 1.99. The van der Waals surface area contributed by atoms with Crippen LogP contribution in [0.15, 0.2) is 30.3 Å². The zero-order valence-electron chi connectivity index (χ0n) is 12.2. The third-order valence-electron chi connectivity index (χ3n) is 3.23. The highest BCUT2D eigenvalue weighted by molar-refractivity contribution is 5.95. The number of benzene rings is 1. The van der Waals surface area contributed by atoms with E-state index in [1.54, 1.807) is 0 Å². The summed E-state index contributed by atoms with van der Waals surface area (Å²) in [5.74, 6) is -1.61. The molecule has 2 atom stereocenters. The van der Waals surface area contributed by atoms with Crippen molar-refractivity contribution in [1.82, 2.24) is 5.32 Å². The van der Waals surface area contributed by atoms with E-state index >= 15 is 0 Å². The number of esters is 1. The van der Waals surface area contributed by atoms with Gasteiger partial charge in [0.05, 0.1) is 5.92 Å². The number of urea groups is 1. The number of imide groups is 1. The largest absolute Gasteiger partial charge is 0.455 e. The Kier molecular flexibility index (Phi) is 6.39. The molecule has 0 saturated heterocycles. The number of nitrogens with one attached hydrogen (secondary N) is 1. The fraction of sp³-hybridized carbons (Fsp3) is 0.400. The van der Waals surface area contributed by atoms with Gasteiger partial charge < -0.3 is 10.5 Å². The first kappa shape index (κ1) is 16.7. The van der Waals surface area contributed by atoms with Crippen molar-refractivity contribution in [2.45, 2.75) is 26.2 Å². The van der Waals surface area contributed by atoms with Crippen molar-refractivity contribution >= 4 is 17.9 Å². The molecule has 0 aliphatic rings. The highest BCUT2D eigenvalue weighted by atomic mass is 16.5. The normalized spacial score (nSPS) is 13.0. The smallest absolute Gasteiger partial charge is 0.318 e. The van der Waals surface area contributed by atoms with E-state index in [0.717, 1.165) is 12.0 Å². The third-order valence-corrected chi connectivity index (χ3v) is 3.23. The number of amides is 3. The van der Waals surface area contributed by atoms with Gasteiger partial charge in [-0.05, 0) is 11.5 Å². The van der Waals surface area contributed by atoms with Gasteiger partial charge in [-0.1, -0.05) is 50.6 Å². The molecule has 0 saturated carbocycles. The monoisotopic (exact) mass is 292 g/mol. The molecule has 0 fully saturated rings. The topological polar surface area (TPSA) is 98.5 Å². The molecule has 3 amide bonds. The summed E-state index contributed by atoms with van der Waals surface area (Å²) in [5, 5.41) is 1.84. The summed E-state index contributed by atoms with van der Waals surface area (Å²) in [7, 11) is 0. The molecule has 1 aromatic rings. The maximum atomic E-state index is 12.2. The van der Waals surface area contributed by atoms with E-state index in [9.17, 15) is 14.4 Å². The van der Waals surface area contributed by atoms with Crippen LogP contribution in [0.2, 0.25) is 0 Å².